The van der Waals surface area contributed by atoms with E-state index in [1.165, 1.54) is 6.07 Å². The van der Waals surface area contributed by atoms with Gasteiger partial charge in [0.05, 0.1) is 7.11 Å². The molecule has 0 aliphatic carbocycles. The highest BCUT2D eigenvalue weighted by molar-refractivity contribution is 9.10. The number of methoxy groups -OCH3 is 1. The van der Waals surface area contributed by atoms with E-state index >= 15 is 0 Å². The molecule has 0 bridgehead atoms. The molecule has 0 radical (unpaired) electrons. The van der Waals surface area contributed by atoms with E-state index in [0.717, 1.165) is 22.1 Å². The summed E-state index contributed by atoms with van der Waals surface area (Å²) in [5.41, 5.74) is 1.89. The molecule has 1 aromatic carbocycles. The number of ether oxygens (including phenoxy) is 1. The topological polar surface area (TPSA) is 34.2 Å². The molecule has 0 aliphatic heterocycles. The molecule has 3 nitrogen and oxygen atoms in total. The van der Waals surface area contributed by atoms with Gasteiger partial charge < -0.3 is 10.1 Å². The fraction of sp³-hybridized carbons (Fsp3) is 0.312. The summed E-state index contributed by atoms with van der Waals surface area (Å²) in [6.07, 6.45) is 2.36. The van der Waals surface area contributed by atoms with E-state index in [4.69, 9.17) is 4.74 Å². The third-order valence-electron chi connectivity index (χ3n) is 3.18. The van der Waals surface area contributed by atoms with Crippen LogP contribution in [0.15, 0.2) is 41.0 Å². The minimum Gasteiger partial charge on any atom is -0.481 e. The first-order valence-corrected chi connectivity index (χ1v) is 7.60. The summed E-state index contributed by atoms with van der Waals surface area (Å²) >= 11 is 3.33. The van der Waals surface area contributed by atoms with Crippen LogP contribution in [0.5, 0.6) is 5.88 Å². The van der Waals surface area contributed by atoms with E-state index in [2.05, 4.69) is 26.2 Å². The van der Waals surface area contributed by atoms with Crippen LogP contribution in [0.25, 0.3) is 0 Å². The van der Waals surface area contributed by atoms with Gasteiger partial charge in [-0.2, -0.15) is 0 Å². The predicted octanol–water partition coefficient (Wildman–Crippen LogP) is 3.89. The van der Waals surface area contributed by atoms with E-state index in [-0.39, 0.29) is 11.9 Å². The minimum absolute atomic E-state index is 0.0207. The lowest BCUT2D eigenvalue weighted by molar-refractivity contribution is 0.382. The zero-order chi connectivity index (χ0) is 15.2. The minimum atomic E-state index is -0.243. The third-order valence-corrected chi connectivity index (χ3v) is 3.64. The van der Waals surface area contributed by atoms with Gasteiger partial charge in [0.2, 0.25) is 5.88 Å². The summed E-state index contributed by atoms with van der Waals surface area (Å²) in [6.45, 7) is 2.84. The van der Waals surface area contributed by atoms with Gasteiger partial charge in [-0.15, -0.1) is 0 Å². The maximum atomic E-state index is 13.5. The predicted molar refractivity (Wildman–Crippen MR) is 85.0 cm³/mol. The Bertz CT molecular complexity index is 586. The van der Waals surface area contributed by atoms with Crippen LogP contribution in [-0.4, -0.2) is 18.6 Å². The summed E-state index contributed by atoms with van der Waals surface area (Å²) in [4.78, 5) is 4.23. The van der Waals surface area contributed by atoms with Crippen LogP contribution in [0.1, 0.15) is 24.1 Å². The van der Waals surface area contributed by atoms with E-state index in [1.54, 1.807) is 19.4 Å². The monoisotopic (exact) mass is 352 g/mol. The van der Waals surface area contributed by atoms with Gasteiger partial charge in [-0.05, 0) is 42.8 Å². The molecule has 21 heavy (non-hydrogen) atoms. The number of hydrogen-bond acceptors (Lipinski definition) is 3. The summed E-state index contributed by atoms with van der Waals surface area (Å²) in [5.74, 6) is 0.353. The summed E-state index contributed by atoms with van der Waals surface area (Å²) in [6, 6.07) is 8.81. The number of benzene rings is 1. The molecule has 1 heterocycles. The SMILES string of the molecule is CCNC(Cc1cc(F)cc(Br)c1)c1cccnc1OC. The van der Waals surface area contributed by atoms with Crippen LogP contribution in [0, 0.1) is 5.82 Å². The molecule has 0 spiro atoms. The maximum absolute atomic E-state index is 13.5. The molecule has 0 amide bonds. The van der Waals surface area contributed by atoms with Crippen LogP contribution in [-0.2, 0) is 6.42 Å². The molecule has 1 atom stereocenters. The normalized spacial score (nSPS) is 12.2. The van der Waals surface area contributed by atoms with Crippen molar-refractivity contribution in [1.29, 1.82) is 0 Å². The number of rotatable bonds is 6. The fourth-order valence-corrected chi connectivity index (χ4v) is 2.85. The molecule has 0 aliphatic rings. The van der Waals surface area contributed by atoms with Crippen molar-refractivity contribution < 1.29 is 9.13 Å². The van der Waals surface area contributed by atoms with Gasteiger partial charge in [-0.1, -0.05) is 28.9 Å². The van der Waals surface area contributed by atoms with Crippen LogP contribution in [0.3, 0.4) is 0 Å². The number of aromatic nitrogens is 1. The lowest BCUT2D eigenvalue weighted by Gasteiger charge is -2.20. The molecule has 1 aromatic heterocycles. The average Bonchev–Trinajstić information content (AvgIpc) is 2.45. The van der Waals surface area contributed by atoms with Gasteiger partial charge in [0.25, 0.3) is 0 Å². The molecule has 2 rings (SSSR count). The van der Waals surface area contributed by atoms with Crippen LogP contribution < -0.4 is 10.1 Å². The van der Waals surface area contributed by atoms with Crippen molar-refractivity contribution in [2.45, 2.75) is 19.4 Å². The zero-order valence-electron chi connectivity index (χ0n) is 12.1. The first-order chi connectivity index (χ1) is 10.1. The molecule has 1 unspecified atom stereocenters. The summed E-state index contributed by atoms with van der Waals surface area (Å²) < 4.78 is 19.6. The summed E-state index contributed by atoms with van der Waals surface area (Å²) in [5, 5.41) is 3.40. The standard InChI is InChI=1S/C16H18BrFN2O/c1-3-19-15(14-5-4-6-20-16(14)21-2)9-11-7-12(17)10-13(18)8-11/h4-8,10,15,19H,3,9H2,1-2H3. The highest BCUT2D eigenvalue weighted by Crippen LogP contribution is 2.26. The van der Waals surface area contributed by atoms with E-state index in [1.807, 2.05) is 25.1 Å². The van der Waals surface area contributed by atoms with Crippen molar-refractivity contribution in [3.63, 3.8) is 0 Å². The Morgan fingerprint density at radius 1 is 1.38 bits per heavy atom. The van der Waals surface area contributed by atoms with Gasteiger partial charge in [-0.25, -0.2) is 9.37 Å². The molecular weight excluding hydrogens is 335 g/mol. The second-order valence-corrected chi connectivity index (χ2v) is 5.61. The van der Waals surface area contributed by atoms with Gasteiger partial charge in [-0.3, -0.25) is 0 Å². The van der Waals surface area contributed by atoms with Crippen molar-refractivity contribution in [3.8, 4) is 5.88 Å². The molecular formula is C16H18BrFN2O. The van der Waals surface area contributed by atoms with Crippen molar-refractivity contribution >= 4 is 15.9 Å². The smallest absolute Gasteiger partial charge is 0.217 e. The van der Waals surface area contributed by atoms with Crippen molar-refractivity contribution in [2.24, 2.45) is 0 Å². The first kappa shape index (κ1) is 15.9. The van der Waals surface area contributed by atoms with Gasteiger partial charge in [0.15, 0.2) is 0 Å². The van der Waals surface area contributed by atoms with Crippen LogP contribution in [0.4, 0.5) is 4.39 Å². The Kier molecular flexibility index (Phi) is 5.70. The molecule has 112 valence electrons. The Balaban J connectivity index is 2.30. The lowest BCUT2D eigenvalue weighted by atomic mass is 9.99. The van der Waals surface area contributed by atoms with Crippen molar-refractivity contribution in [2.75, 3.05) is 13.7 Å². The highest BCUT2D eigenvalue weighted by Gasteiger charge is 2.17. The number of likely N-dealkylation sites (N-methyl/N-ethyl adjacent to an activating group) is 1. The lowest BCUT2D eigenvalue weighted by Crippen LogP contribution is -2.23. The Labute approximate surface area is 132 Å². The largest absolute Gasteiger partial charge is 0.481 e. The molecule has 0 saturated heterocycles. The molecule has 0 fully saturated rings. The molecule has 1 N–H and O–H groups in total. The number of hydrogen-bond donors (Lipinski definition) is 1. The zero-order valence-corrected chi connectivity index (χ0v) is 13.7. The Morgan fingerprint density at radius 3 is 2.86 bits per heavy atom. The second-order valence-electron chi connectivity index (χ2n) is 4.69. The number of nitrogens with one attached hydrogen (secondary N) is 1. The number of halogens is 2. The Hall–Kier alpha value is -1.46. The van der Waals surface area contributed by atoms with Gasteiger partial charge >= 0.3 is 0 Å². The number of nitrogens with zero attached hydrogens (tertiary/aromatic N) is 1. The Morgan fingerprint density at radius 2 is 2.19 bits per heavy atom. The first-order valence-electron chi connectivity index (χ1n) is 6.81. The maximum Gasteiger partial charge on any atom is 0.217 e. The second kappa shape index (κ2) is 7.52. The van der Waals surface area contributed by atoms with Gasteiger partial charge in [0.1, 0.15) is 5.82 Å². The molecule has 0 saturated carbocycles. The van der Waals surface area contributed by atoms with E-state index in [9.17, 15) is 4.39 Å². The van der Waals surface area contributed by atoms with Gasteiger partial charge in [0, 0.05) is 22.3 Å². The van der Waals surface area contributed by atoms with Crippen molar-refractivity contribution in [1.82, 2.24) is 10.3 Å². The average molecular weight is 353 g/mol. The van der Waals surface area contributed by atoms with Crippen LogP contribution in [0.2, 0.25) is 0 Å². The van der Waals surface area contributed by atoms with Crippen molar-refractivity contribution in [3.05, 3.63) is 57.9 Å². The third kappa shape index (κ3) is 4.25. The summed E-state index contributed by atoms with van der Waals surface area (Å²) in [7, 11) is 1.60. The number of pyridine rings is 1. The van der Waals surface area contributed by atoms with E-state index in [0.29, 0.717) is 12.3 Å². The molecule has 2 aromatic rings. The molecule has 5 heteroatoms. The fourth-order valence-electron chi connectivity index (χ4n) is 2.34. The highest BCUT2D eigenvalue weighted by atomic mass is 79.9. The van der Waals surface area contributed by atoms with E-state index < -0.39 is 0 Å². The van der Waals surface area contributed by atoms with Crippen LogP contribution >= 0.6 is 15.9 Å². The quantitative estimate of drug-likeness (QED) is 0.856.